The Labute approximate surface area is 192 Å². The lowest BCUT2D eigenvalue weighted by Gasteiger charge is -2.11. The number of ether oxygens (including phenoxy) is 2. The minimum absolute atomic E-state index is 0.0586. The van der Waals surface area contributed by atoms with Crippen molar-refractivity contribution in [1.82, 2.24) is 0 Å². The van der Waals surface area contributed by atoms with Gasteiger partial charge < -0.3 is 14.8 Å². The van der Waals surface area contributed by atoms with E-state index in [2.05, 4.69) is 10.0 Å². The monoisotopic (exact) mass is 474 g/mol. The molecule has 0 aromatic heterocycles. The summed E-state index contributed by atoms with van der Waals surface area (Å²) in [5.41, 5.74) is 0.797. The van der Waals surface area contributed by atoms with E-state index >= 15 is 0 Å². The zero-order chi connectivity index (χ0) is 23.0. The van der Waals surface area contributed by atoms with Gasteiger partial charge in [0.2, 0.25) is 5.91 Å². The van der Waals surface area contributed by atoms with Gasteiger partial charge in [-0.2, -0.15) is 0 Å². The molecule has 3 rings (SSSR count). The summed E-state index contributed by atoms with van der Waals surface area (Å²) in [6.45, 7) is 0.393. The van der Waals surface area contributed by atoms with Crippen LogP contribution in [0.3, 0.4) is 0 Å². The molecule has 0 aliphatic heterocycles. The first-order valence-electron chi connectivity index (χ1n) is 9.81. The van der Waals surface area contributed by atoms with Gasteiger partial charge in [-0.3, -0.25) is 9.52 Å². The number of para-hydroxylation sites is 1. The van der Waals surface area contributed by atoms with Gasteiger partial charge in [0.1, 0.15) is 11.5 Å². The normalized spacial score (nSPS) is 10.9. The lowest BCUT2D eigenvalue weighted by molar-refractivity contribution is -0.116. The smallest absolute Gasteiger partial charge is 0.261 e. The van der Waals surface area contributed by atoms with Crippen LogP contribution in [0.2, 0.25) is 5.02 Å². The average molecular weight is 475 g/mol. The Hall–Kier alpha value is -3.23. The van der Waals surface area contributed by atoms with Crippen LogP contribution in [-0.4, -0.2) is 28.0 Å². The van der Waals surface area contributed by atoms with Crippen LogP contribution in [0.15, 0.2) is 77.7 Å². The molecule has 0 spiro atoms. The molecule has 0 unspecified atom stereocenters. The standard InChI is InChI=1S/C23H23ClN2O5S/c1-30-18-10-12-19(13-11-18)31-16-4-7-23(27)25-17-8-14-20(15-9-17)32(28,29)26-22-6-3-2-5-21(22)24/h2-3,5-6,8-15,26H,4,7,16H2,1H3,(H,25,27). The molecule has 3 aromatic rings. The Bertz CT molecular complexity index is 1150. The van der Waals surface area contributed by atoms with Crippen LogP contribution in [-0.2, 0) is 14.8 Å². The number of sulfonamides is 1. The minimum atomic E-state index is -3.80. The molecule has 0 aliphatic rings. The summed E-state index contributed by atoms with van der Waals surface area (Å²) in [6.07, 6.45) is 0.802. The Balaban J connectivity index is 1.47. The average Bonchev–Trinajstić information content (AvgIpc) is 2.79. The van der Waals surface area contributed by atoms with E-state index in [1.165, 1.54) is 24.3 Å². The van der Waals surface area contributed by atoms with Crippen LogP contribution in [0.1, 0.15) is 12.8 Å². The highest BCUT2D eigenvalue weighted by molar-refractivity contribution is 7.92. The van der Waals surface area contributed by atoms with Crippen molar-refractivity contribution in [3.63, 3.8) is 0 Å². The third kappa shape index (κ3) is 6.63. The summed E-state index contributed by atoms with van der Waals surface area (Å²) in [7, 11) is -2.21. The van der Waals surface area contributed by atoms with E-state index in [-0.39, 0.29) is 17.2 Å². The van der Waals surface area contributed by atoms with Crippen LogP contribution in [0.25, 0.3) is 0 Å². The SMILES string of the molecule is COc1ccc(OCCCC(=O)Nc2ccc(S(=O)(=O)Nc3ccccc3Cl)cc2)cc1. The molecule has 1 amide bonds. The summed E-state index contributed by atoms with van der Waals surface area (Å²) in [5, 5.41) is 3.05. The number of anilines is 2. The van der Waals surface area contributed by atoms with E-state index in [1.54, 1.807) is 55.6 Å². The van der Waals surface area contributed by atoms with Crippen molar-refractivity contribution in [3.8, 4) is 11.5 Å². The number of nitrogens with one attached hydrogen (secondary N) is 2. The molecule has 3 aromatic carbocycles. The fourth-order valence-corrected chi connectivity index (χ4v) is 4.10. The molecule has 0 bridgehead atoms. The van der Waals surface area contributed by atoms with E-state index in [9.17, 15) is 13.2 Å². The van der Waals surface area contributed by atoms with Crippen molar-refractivity contribution in [2.24, 2.45) is 0 Å². The number of carbonyl (C=O) groups is 1. The van der Waals surface area contributed by atoms with Gasteiger partial charge in [0.15, 0.2) is 0 Å². The van der Waals surface area contributed by atoms with Crippen LogP contribution in [0.4, 0.5) is 11.4 Å². The van der Waals surface area contributed by atoms with Crippen molar-refractivity contribution < 1.29 is 22.7 Å². The molecular formula is C23H23ClN2O5S. The van der Waals surface area contributed by atoms with E-state index in [4.69, 9.17) is 21.1 Å². The summed E-state index contributed by atoms with van der Waals surface area (Å²) in [4.78, 5) is 12.2. The minimum Gasteiger partial charge on any atom is -0.497 e. The second-order valence-corrected chi connectivity index (χ2v) is 8.88. The van der Waals surface area contributed by atoms with Gasteiger partial charge in [-0.05, 0) is 67.1 Å². The van der Waals surface area contributed by atoms with Crippen LogP contribution in [0.5, 0.6) is 11.5 Å². The van der Waals surface area contributed by atoms with Gasteiger partial charge in [0.05, 0.1) is 29.3 Å². The first kappa shape index (κ1) is 23.4. The maximum Gasteiger partial charge on any atom is 0.261 e. The third-order valence-electron chi connectivity index (χ3n) is 4.44. The summed E-state index contributed by atoms with van der Waals surface area (Å²) >= 11 is 6.01. The fraction of sp³-hybridized carbons (Fsp3) is 0.174. The van der Waals surface area contributed by atoms with Crippen molar-refractivity contribution in [2.75, 3.05) is 23.8 Å². The molecule has 0 saturated heterocycles. The Morgan fingerprint density at radius 2 is 1.59 bits per heavy atom. The lowest BCUT2D eigenvalue weighted by Crippen LogP contribution is -2.14. The number of benzene rings is 3. The highest BCUT2D eigenvalue weighted by Crippen LogP contribution is 2.24. The van der Waals surface area contributed by atoms with Gasteiger partial charge >= 0.3 is 0 Å². The van der Waals surface area contributed by atoms with E-state index in [1.807, 2.05) is 0 Å². The van der Waals surface area contributed by atoms with E-state index < -0.39 is 10.0 Å². The van der Waals surface area contributed by atoms with Crippen LogP contribution in [0, 0.1) is 0 Å². The Morgan fingerprint density at radius 1 is 0.938 bits per heavy atom. The van der Waals surface area contributed by atoms with Gasteiger partial charge in [-0.15, -0.1) is 0 Å². The van der Waals surface area contributed by atoms with Gasteiger partial charge in [0, 0.05) is 12.1 Å². The third-order valence-corrected chi connectivity index (χ3v) is 6.15. The maximum absolute atomic E-state index is 12.5. The molecule has 0 saturated carbocycles. The zero-order valence-electron chi connectivity index (χ0n) is 17.4. The molecule has 0 atom stereocenters. The summed E-state index contributed by atoms with van der Waals surface area (Å²) in [6, 6.07) is 19.7. The highest BCUT2D eigenvalue weighted by atomic mass is 35.5. The van der Waals surface area contributed by atoms with Crippen molar-refractivity contribution in [1.29, 1.82) is 0 Å². The first-order chi connectivity index (χ1) is 15.4. The maximum atomic E-state index is 12.5. The first-order valence-corrected chi connectivity index (χ1v) is 11.7. The molecule has 7 nitrogen and oxygen atoms in total. The Kier molecular flexibility index (Phi) is 7.97. The molecule has 2 N–H and O–H groups in total. The molecular weight excluding hydrogens is 452 g/mol. The topological polar surface area (TPSA) is 93.7 Å². The number of rotatable bonds is 10. The number of carbonyl (C=O) groups excluding carboxylic acids is 1. The largest absolute Gasteiger partial charge is 0.497 e. The molecule has 0 radical (unpaired) electrons. The molecule has 168 valence electrons. The quantitative estimate of drug-likeness (QED) is 0.405. The molecule has 0 aliphatic carbocycles. The number of hydrogen-bond acceptors (Lipinski definition) is 5. The molecule has 32 heavy (non-hydrogen) atoms. The van der Waals surface area contributed by atoms with E-state index in [0.29, 0.717) is 35.2 Å². The predicted molar refractivity (Wildman–Crippen MR) is 125 cm³/mol. The zero-order valence-corrected chi connectivity index (χ0v) is 18.9. The number of hydrogen-bond donors (Lipinski definition) is 2. The van der Waals surface area contributed by atoms with Crippen molar-refractivity contribution >= 4 is 38.9 Å². The summed E-state index contributed by atoms with van der Waals surface area (Å²) < 4.78 is 38.2. The second-order valence-electron chi connectivity index (χ2n) is 6.79. The highest BCUT2D eigenvalue weighted by Gasteiger charge is 2.15. The molecule has 9 heteroatoms. The van der Waals surface area contributed by atoms with Crippen LogP contribution < -0.4 is 19.5 Å². The van der Waals surface area contributed by atoms with Crippen molar-refractivity contribution in [2.45, 2.75) is 17.7 Å². The Morgan fingerprint density at radius 3 is 2.25 bits per heavy atom. The lowest BCUT2D eigenvalue weighted by atomic mass is 10.2. The number of methoxy groups -OCH3 is 1. The molecule has 0 heterocycles. The predicted octanol–water partition coefficient (Wildman–Crippen LogP) is 4.95. The van der Waals surface area contributed by atoms with Gasteiger partial charge in [-0.25, -0.2) is 8.42 Å². The second kappa shape index (κ2) is 10.9. The van der Waals surface area contributed by atoms with Gasteiger partial charge in [0.25, 0.3) is 10.0 Å². The summed E-state index contributed by atoms with van der Waals surface area (Å²) in [5.74, 6) is 1.26. The number of halogens is 1. The van der Waals surface area contributed by atoms with Crippen molar-refractivity contribution in [3.05, 3.63) is 77.8 Å². The van der Waals surface area contributed by atoms with Crippen LogP contribution >= 0.6 is 11.6 Å². The van der Waals surface area contributed by atoms with E-state index in [0.717, 1.165) is 5.75 Å². The number of amides is 1. The van der Waals surface area contributed by atoms with Gasteiger partial charge in [-0.1, -0.05) is 23.7 Å². The fourth-order valence-electron chi connectivity index (χ4n) is 2.78. The molecule has 0 fully saturated rings.